The van der Waals surface area contributed by atoms with Gasteiger partial charge in [-0.25, -0.2) is 9.78 Å². The number of hydrogen-bond acceptors (Lipinski definition) is 11. The number of likely N-dealkylation sites (tertiary alicyclic amines) is 1. The van der Waals surface area contributed by atoms with Crippen LogP contribution in [0.1, 0.15) is 37.6 Å². The first-order chi connectivity index (χ1) is 21.8. The number of fused-ring (bicyclic) bond motifs is 1. The maximum Gasteiger partial charge on any atom is 0.331 e. The Kier molecular flexibility index (Phi) is 11.5. The molecule has 2 heterocycles. The number of aryl methyl sites for hydroxylation is 1. The summed E-state index contributed by atoms with van der Waals surface area (Å²) in [6.45, 7) is 4.32. The fourth-order valence-corrected chi connectivity index (χ4v) is 5.66. The van der Waals surface area contributed by atoms with E-state index in [-0.39, 0.29) is 12.1 Å². The predicted octanol–water partition coefficient (Wildman–Crippen LogP) is 4.12. The van der Waals surface area contributed by atoms with E-state index in [1.54, 1.807) is 28.8 Å². The monoisotopic (exact) mass is 625 g/mol. The lowest BCUT2D eigenvalue weighted by atomic mass is 10.1. The fraction of sp³-hybridized carbons (Fsp3) is 0.485. The minimum Gasteiger partial charge on any atom is -0.493 e. The minimum atomic E-state index is -0.621. The molecule has 2 aromatic carbocycles. The molecule has 0 bridgehead atoms. The van der Waals surface area contributed by atoms with Gasteiger partial charge in [0.2, 0.25) is 11.5 Å². The lowest BCUT2D eigenvalue weighted by molar-refractivity contribution is -0.144. The second kappa shape index (κ2) is 15.5. The van der Waals surface area contributed by atoms with Gasteiger partial charge in [-0.2, -0.15) is 0 Å². The third-order valence-electron chi connectivity index (χ3n) is 7.83. The Labute approximate surface area is 263 Å². The van der Waals surface area contributed by atoms with Gasteiger partial charge in [-0.15, -0.1) is 0 Å². The smallest absolute Gasteiger partial charge is 0.331 e. The number of aromatic nitrogens is 2. The number of methoxy groups -OCH3 is 6. The van der Waals surface area contributed by atoms with Crippen LogP contribution in [0.3, 0.4) is 0 Å². The summed E-state index contributed by atoms with van der Waals surface area (Å²) in [6.07, 6.45) is 6.13. The van der Waals surface area contributed by atoms with Crippen LogP contribution in [0.5, 0.6) is 34.5 Å². The van der Waals surface area contributed by atoms with E-state index < -0.39 is 12.1 Å². The van der Waals surface area contributed by atoms with Crippen molar-refractivity contribution in [3.05, 3.63) is 46.0 Å². The van der Waals surface area contributed by atoms with Gasteiger partial charge in [0, 0.05) is 19.0 Å². The van der Waals surface area contributed by atoms with Crippen LogP contribution >= 0.6 is 0 Å². The number of esters is 1. The molecule has 0 N–H and O–H groups in total. The summed E-state index contributed by atoms with van der Waals surface area (Å²) in [7, 11) is 9.08. The van der Waals surface area contributed by atoms with Crippen LogP contribution < -0.4 is 34.0 Å². The van der Waals surface area contributed by atoms with Crippen LogP contribution in [0, 0.1) is 0 Å². The summed E-state index contributed by atoms with van der Waals surface area (Å²) in [5, 5.41) is 0.312. The van der Waals surface area contributed by atoms with E-state index in [1.165, 1.54) is 55.2 Å². The first kappa shape index (κ1) is 33.4. The molecule has 1 unspecified atom stereocenters. The van der Waals surface area contributed by atoms with E-state index >= 15 is 0 Å². The van der Waals surface area contributed by atoms with Crippen molar-refractivity contribution in [3.63, 3.8) is 0 Å². The van der Waals surface area contributed by atoms with Crippen LogP contribution in [0.25, 0.3) is 17.0 Å². The number of carbonyl (C=O) groups is 1. The highest BCUT2D eigenvalue weighted by atomic mass is 16.5. The number of rotatable bonds is 14. The largest absolute Gasteiger partial charge is 0.493 e. The highest BCUT2D eigenvalue weighted by Crippen LogP contribution is 2.42. The number of nitrogens with zero attached hydrogens (tertiary/aromatic N) is 3. The first-order valence-electron chi connectivity index (χ1n) is 15.0. The molecule has 1 fully saturated rings. The van der Waals surface area contributed by atoms with Crippen molar-refractivity contribution < 1.29 is 38.0 Å². The van der Waals surface area contributed by atoms with Gasteiger partial charge < -0.3 is 33.2 Å². The van der Waals surface area contributed by atoms with Crippen LogP contribution in [0.15, 0.2) is 29.1 Å². The zero-order valence-corrected chi connectivity index (χ0v) is 27.1. The Hall–Kier alpha value is -4.45. The summed E-state index contributed by atoms with van der Waals surface area (Å²) in [5.74, 6) is 2.40. The molecule has 1 saturated heterocycles. The predicted molar refractivity (Wildman–Crippen MR) is 170 cm³/mol. The van der Waals surface area contributed by atoms with Crippen molar-refractivity contribution in [2.75, 3.05) is 62.3 Å². The highest BCUT2D eigenvalue weighted by molar-refractivity contribution is 5.89. The molecule has 1 aliphatic rings. The molecular formula is C33H43N3O9. The Bertz CT molecular complexity index is 1550. The van der Waals surface area contributed by atoms with Gasteiger partial charge in [0.25, 0.3) is 5.56 Å². The van der Waals surface area contributed by atoms with E-state index in [0.717, 1.165) is 25.9 Å². The maximum absolute atomic E-state index is 14.0. The third kappa shape index (κ3) is 7.44. The Morgan fingerprint density at radius 1 is 0.822 bits per heavy atom. The SMILES string of the molecule is CCc1nc2c(OC)c(OC)c(OC)cc2c(=O)n1CC(CN1CCCCC1)OC(=O)C=Cc1cc(OC)c(OC)c(OC)c1. The molecule has 1 atom stereocenters. The molecule has 0 saturated carbocycles. The average molecular weight is 626 g/mol. The van der Waals surface area contributed by atoms with Crippen molar-refractivity contribution in [2.45, 2.75) is 45.3 Å². The number of hydrogen-bond donors (Lipinski definition) is 0. The van der Waals surface area contributed by atoms with Gasteiger partial charge in [-0.3, -0.25) is 14.3 Å². The molecule has 4 rings (SSSR count). The normalized spacial score (nSPS) is 14.3. The molecule has 0 amide bonds. The maximum atomic E-state index is 14.0. The Balaban J connectivity index is 1.69. The molecule has 0 aliphatic carbocycles. The molecule has 45 heavy (non-hydrogen) atoms. The molecule has 244 valence electrons. The average Bonchev–Trinajstić information content (AvgIpc) is 3.07. The van der Waals surface area contributed by atoms with Crippen molar-refractivity contribution in [3.8, 4) is 34.5 Å². The second-order valence-corrected chi connectivity index (χ2v) is 10.6. The van der Waals surface area contributed by atoms with Crippen molar-refractivity contribution in [1.29, 1.82) is 0 Å². The molecule has 1 aromatic heterocycles. The van der Waals surface area contributed by atoms with Crippen molar-refractivity contribution >= 4 is 22.9 Å². The second-order valence-electron chi connectivity index (χ2n) is 10.6. The standard InChI is InChI=1S/C33H43N3O9/c1-8-27-34-29-23(18-26(41-4)31(43-6)32(29)44-7)33(38)36(27)20-22(19-35-14-10-9-11-15-35)45-28(37)13-12-21-16-24(39-2)30(42-5)25(17-21)40-3/h12-13,16-18,22H,8-11,14-15,19-20H2,1-7H3. The third-order valence-corrected chi connectivity index (χ3v) is 7.83. The fourth-order valence-electron chi connectivity index (χ4n) is 5.66. The summed E-state index contributed by atoms with van der Waals surface area (Å²) in [4.78, 5) is 34.3. The summed E-state index contributed by atoms with van der Waals surface area (Å²) < 4.78 is 40.4. The molecule has 1 aliphatic heterocycles. The molecule has 12 heteroatoms. The number of piperidine rings is 1. The van der Waals surface area contributed by atoms with E-state index in [2.05, 4.69) is 4.90 Å². The topological polar surface area (TPSA) is 120 Å². The molecular weight excluding hydrogens is 582 g/mol. The van der Waals surface area contributed by atoms with Crippen LogP contribution in [-0.4, -0.2) is 88.8 Å². The Morgan fingerprint density at radius 3 is 1.98 bits per heavy atom. The number of benzene rings is 2. The van der Waals surface area contributed by atoms with Gasteiger partial charge in [0.1, 0.15) is 17.4 Å². The van der Waals surface area contributed by atoms with E-state index in [1.807, 2.05) is 6.92 Å². The van der Waals surface area contributed by atoms with E-state index in [9.17, 15) is 9.59 Å². The lowest BCUT2D eigenvalue weighted by Crippen LogP contribution is -2.42. The lowest BCUT2D eigenvalue weighted by Gasteiger charge is -2.30. The van der Waals surface area contributed by atoms with E-state index in [4.69, 9.17) is 38.1 Å². The zero-order chi connectivity index (χ0) is 32.5. The zero-order valence-electron chi connectivity index (χ0n) is 27.1. The quantitative estimate of drug-likeness (QED) is 0.190. The van der Waals surface area contributed by atoms with Crippen LogP contribution in [0.2, 0.25) is 0 Å². The molecule has 12 nitrogen and oxygen atoms in total. The van der Waals surface area contributed by atoms with Crippen molar-refractivity contribution in [1.82, 2.24) is 14.5 Å². The van der Waals surface area contributed by atoms with Crippen LogP contribution in [-0.2, 0) is 22.5 Å². The van der Waals surface area contributed by atoms with Crippen molar-refractivity contribution in [2.24, 2.45) is 0 Å². The summed E-state index contributed by atoms with van der Waals surface area (Å²) >= 11 is 0. The van der Waals surface area contributed by atoms with Gasteiger partial charge in [-0.1, -0.05) is 13.3 Å². The molecule has 0 radical (unpaired) electrons. The molecule has 3 aromatic rings. The van der Waals surface area contributed by atoms with Gasteiger partial charge in [0.05, 0.1) is 54.6 Å². The number of carbonyl (C=O) groups excluding carboxylic acids is 1. The number of ether oxygens (including phenoxy) is 7. The highest BCUT2D eigenvalue weighted by Gasteiger charge is 2.25. The van der Waals surface area contributed by atoms with Crippen LogP contribution in [0.4, 0.5) is 0 Å². The summed E-state index contributed by atoms with van der Waals surface area (Å²) in [5.41, 5.74) is 0.755. The first-order valence-corrected chi connectivity index (χ1v) is 15.0. The van der Waals surface area contributed by atoms with E-state index in [0.29, 0.717) is 69.8 Å². The summed E-state index contributed by atoms with van der Waals surface area (Å²) in [6, 6.07) is 5.08. The minimum absolute atomic E-state index is 0.127. The van der Waals surface area contributed by atoms with Gasteiger partial charge >= 0.3 is 5.97 Å². The molecule has 0 spiro atoms. The van der Waals surface area contributed by atoms with Gasteiger partial charge in [-0.05, 0) is 55.8 Å². The van der Waals surface area contributed by atoms with Gasteiger partial charge in [0.15, 0.2) is 23.0 Å². The Morgan fingerprint density at radius 2 is 1.42 bits per heavy atom.